The number of hydrogen-bond donors (Lipinski definition) is 2. The Bertz CT molecular complexity index is 351. The van der Waals surface area contributed by atoms with E-state index in [4.69, 9.17) is 0 Å². The fourth-order valence-electron chi connectivity index (χ4n) is 1.59. The third-order valence-corrected chi connectivity index (χ3v) is 2.48. The number of aryl methyl sites for hydroxylation is 1. The third-order valence-electron chi connectivity index (χ3n) is 2.48. The van der Waals surface area contributed by atoms with Gasteiger partial charge in [-0.25, -0.2) is 4.98 Å². The van der Waals surface area contributed by atoms with E-state index in [1.54, 1.807) is 0 Å². The van der Waals surface area contributed by atoms with Crippen molar-refractivity contribution in [2.75, 3.05) is 44.4 Å². The zero-order chi connectivity index (χ0) is 13.4. The molecule has 0 aliphatic rings. The minimum Gasteiger partial charge on any atom is -0.370 e. The molecule has 1 aromatic heterocycles. The molecule has 0 saturated heterocycles. The van der Waals surface area contributed by atoms with Gasteiger partial charge >= 0.3 is 0 Å². The minimum atomic E-state index is 0.715. The molecule has 0 amide bonds. The number of nitrogens with one attached hydrogen (secondary N) is 2. The van der Waals surface area contributed by atoms with Gasteiger partial charge in [-0.1, -0.05) is 6.92 Å². The molecule has 5 heteroatoms. The smallest absolute Gasteiger partial charge is 0.224 e. The fourth-order valence-corrected chi connectivity index (χ4v) is 1.59. The molecular formula is C13H25N5. The molecule has 0 aromatic carbocycles. The molecule has 0 spiro atoms. The molecule has 0 unspecified atom stereocenters. The Morgan fingerprint density at radius 3 is 2.61 bits per heavy atom. The highest BCUT2D eigenvalue weighted by molar-refractivity contribution is 5.41. The SMILES string of the molecule is CCCNc1nc(C)cc(NCCCN(C)C)n1. The van der Waals surface area contributed by atoms with E-state index in [1.165, 1.54) is 0 Å². The summed E-state index contributed by atoms with van der Waals surface area (Å²) in [5, 5.41) is 6.55. The maximum atomic E-state index is 4.44. The van der Waals surface area contributed by atoms with Gasteiger partial charge in [0.05, 0.1) is 0 Å². The monoisotopic (exact) mass is 251 g/mol. The molecule has 0 saturated carbocycles. The molecule has 0 fully saturated rings. The van der Waals surface area contributed by atoms with Gasteiger partial charge < -0.3 is 15.5 Å². The molecule has 2 N–H and O–H groups in total. The van der Waals surface area contributed by atoms with Gasteiger partial charge in [-0.3, -0.25) is 0 Å². The van der Waals surface area contributed by atoms with E-state index in [0.29, 0.717) is 5.95 Å². The molecule has 0 bridgehead atoms. The maximum Gasteiger partial charge on any atom is 0.224 e. The summed E-state index contributed by atoms with van der Waals surface area (Å²) in [6, 6.07) is 1.98. The highest BCUT2D eigenvalue weighted by Gasteiger charge is 2.01. The van der Waals surface area contributed by atoms with Crippen molar-refractivity contribution in [3.05, 3.63) is 11.8 Å². The Kier molecular flexibility index (Phi) is 6.43. The van der Waals surface area contributed by atoms with Crippen LogP contribution in [-0.2, 0) is 0 Å². The van der Waals surface area contributed by atoms with E-state index >= 15 is 0 Å². The lowest BCUT2D eigenvalue weighted by Gasteiger charge is -2.11. The predicted molar refractivity (Wildman–Crippen MR) is 77.2 cm³/mol. The number of aromatic nitrogens is 2. The van der Waals surface area contributed by atoms with Crippen molar-refractivity contribution in [2.24, 2.45) is 0 Å². The topological polar surface area (TPSA) is 53.1 Å². The van der Waals surface area contributed by atoms with Crippen LogP contribution in [0.2, 0.25) is 0 Å². The maximum absolute atomic E-state index is 4.44. The lowest BCUT2D eigenvalue weighted by Crippen LogP contribution is -2.17. The summed E-state index contributed by atoms with van der Waals surface area (Å²) in [5.74, 6) is 1.62. The molecule has 5 nitrogen and oxygen atoms in total. The quantitative estimate of drug-likeness (QED) is 0.692. The summed E-state index contributed by atoms with van der Waals surface area (Å²) in [4.78, 5) is 11.0. The van der Waals surface area contributed by atoms with Gasteiger partial charge in [0.2, 0.25) is 5.95 Å². The summed E-state index contributed by atoms with van der Waals surface area (Å²) in [6.45, 7) is 7.04. The largest absolute Gasteiger partial charge is 0.370 e. The Morgan fingerprint density at radius 1 is 1.17 bits per heavy atom. The van der Waals surface area contributed by atoms with Crippen LogP contribution < -0.4 is 10.6 Å². The molecule has 1 rings (SSSR count). The Labute approximate surface area is 110 Å². The van der Waals surface area contributed by atoms with Crippen LogP contribution >= 0.6 is 0 Å². The molecule has 0 aliphatic heterocycles. The first-order chi connectivity index (χ1) is 8.61. The molecular weight excluding hydrogens is 226 g/mol. The van der Waals surface area contributed by atoms with E-state index in [0.717, 1.165) is 44.0 Å². The molecule has 102 valence electrons. The number of anilines is 2. The lowest BCUT2D eigenvalue weighted by molar-refractivity contribution is 0.405. The van der Waals surface area contributed by atoms with Crippen LogP contribution in [0.25, 0.3) is 0 Å². The van der Waals surface area contributed by atoms with Gasteiger partial charge in [-0.2, -0.15) is 4.98 Å². The van der Waals surface area contributed by atoms with Gasteiger partial charge in [-0.15, -0.1) is 0 Å². The van der Waals surface area contributed by atoms with Crippen molar-refractivity contribution in [3.63, 3.8) is 0 Å². The van der Waals surface area contributed by atoms with Crippen LogP contribution in [0.1, 0.15) is 25.5 Å². The lowest BCUT2D eigenvalue weighted by atomic mass is 10.4. The van der Waals surface area contributed by atoms with Crippen molar-refractivity contribution in [3.8, 4) is 0 Å². The Morgan fingerprint density at radius 2 is 1.94 bits per heavy atom. The first-order valence-electron chi connectivity index (χ1n) is 6.60. The van der Waals surface area contributed by atoms with Gasteiger partial charge in [0.25, 0.3) is 0 Å². The average Bonchev–Trinajstić information content (AvgIpc) is 2.31. The molecule has 0 radical (unpaired) electrons. The van der Waals surface area contributed by atoms with E-state index in [9.17, 15) is 0 Å². The van der Waals surface area contributed by atoms with Crippen LogP contribution in [0.4, 0.5) is 11.8 Å². The third kappa shape index (κ3) is 5.82. The van der Waals surface area contributed by atoms with Crippen molar-refractivity contribution >= 4 is 11.8 Å². The predicted octanol–water partition coefficient (Wildman–Crippen LogP) is 1.97. The normalized spacial score (nSPS) is 10.7. The Hall–Kier alpha value is -1.36. The first-order valence-corrected chi connectivity index (χ1v) is 6.60. The van der Waals surface area contributed by atoms with Crippen LogP contribution in [0.3, 0.4) is 0 Å². The zero-order valence-corrected chi connectivity index (χ0v) is 12.0. The standard InChI is InChI=1S/C13H25N5/c1-5-7-15-13-16-11(2)10-12(17-13)14-8-6-9-18(3)4/h10H,5-9H2,1-4H3,(H2,14,15,16,17). The molecule has 0 aliphatic carbocycles. The van der Waals surface area contributed by atoms with Gasteiger partial charge in [0, 0.05) is 24.8 Å². The number of rotatable bonds is 8. The number of nitrogens with zero attached hydrogens (tertiary/aromatic N) is 3. The fraction of sp³-hybridized carbons (Fsp3) is 0.692. The van der Waals surface area contributed by atoms with Crippen LogP contribution in [0.15, 0.2) is 6.07 Å². The van der Waals surface area contributed by atoms with Crippen molar-refractivity contribution in [2.45, 2.75) is 26.7 Å². The second-order valence-corrected chi connectivity index (χ2v) is 4.73. The highest BCUT2D eigenvalue weighted by Crippen LogP contribution is 2.09. The summed E-state index contributed by atoms with van der Waals surface area (Å²) in [5.41, 5.74) is 0.985. The molecule has 1 aromatic rings. The van der Waals surface area contributed by atoms with E-state index < -0.39 is 0 Å². The molecule has 0 atom stereocenters. The molecule has 1 heterocycles. The first kappa shape index (κ1) is 14.7. The van der Waals surface area contributed by atoms with Gasteiger partial charge in [-0.05, 0) is 40.4 Å². The highest BCUT2D eigenvalue weighted by atomic mass is 15.1. The summed E-state index contributed by atoms with van der Waals surface area (Å²) >= 11 is 0. The summed E-state index contributed by atoms with van der Waals surface area (Å²) in [7, 11) is 4.17. The van der Waals surface area contributed by atoms with E-state index in [1.807, 2.05) is 13.0 Å². The second-order valence-electron chi connectivity index (χ2n) is 4.73. The van der Waals surface area contributed by atoms with Gasteiger partial charge in [0.1, 0.15) is 5.82 Å². The van der Waals surface area contributed by atoms with Gasteiger partial charge in [0.15, 0.2) is 0 Å². The van der Waals surface area contributed by atoms with Crippen molar-refractivity contribution in [1.29, 1.82) is 0 Å². The average molecular weight is 251 g/mol. The summed E-state index contributed by atoms with van der Waals surface area (Å²) in [6.07, 6.45) is 2.18. The zero-order valence-electron chi connectivity index (χ0n) is 12.0. The second kappa shape index (κ2) is 7.87. The van der Waals surface area contributed by atoms with Crippen LogP contribution in [0.5, 0.6) is 0 Å². The minimum absolute atomic E-state index is 0.715. The number of hydrogen-bond acceptors (Lipinski definition) is 5. The van der Waals surface area contributed by atoms with Crippen LogP contribution in [-0.4, -0.2) is 48.6 Å². The molecule has 18 heavy (non-hydrogen) atoms. The van der Waals surface area contributed by atoms with Crippen molar-refractivity contribution in [1.82, 2.24) is 14.9 Å². The van der Waals surface area contributed by atoms with E-state index in [2.05, 4.69) is 46.5 Å². The van der Waals surface area contributed by atoms with Crippen molar-refractivity contribution < 1.29 is 0 Å². The Balaban J connectivity index is 2.46. The van der Waals surface area contributed by atoms with Crippen LogP contribution in [0, 0.1) is 6.92 Å². The summed E-state index contributed by atoms with van der Waals surface area (Å²) < 4.78 is 0. The van der Waals surface area contributed by atoms with E-state index in [-0.39, 0.29) is 0 Å².